The standard InChI is InChI=1S/C9H20BrNO2S.BrH/c1-3-11(4-2)7-9-14(12,13)8-5-6-10;/h3-9H2,1-2H3;1H. The van der Waals surface area contributed by atoms with Crippen LogP contribution in [0.1, 0.15) is 20.3 Å². The molecule has 0 fully saturated rings. The van der Waals surface area contributed by atoms with Crippen LogP contribution in [0.2, 0.25) is 0 Å². The highest BCUT2D eigenvalue weighted by Gasteiger charge is 2.11. The van der Waals surface area contributed by atoms with Crippen LogP contribution in [0.25, 0.3) is 0 Å². The molecule has 0 rings (SSSR count). The van der Waals surface area contributed by atoms with E-state index in [9.17, 15) is 8.42 Å². The Kier molecular flexibility index (Phi) is 12.2. The van der Waals surface area contributed by atoms with Crippen LogP contribution in [0.4, 0.5) is 0 Å². The third-order valence-electron chi connectivity index (χ3n) is 2.20. The van der Waals surface area contributed by atoms with E-state index in [0.29, 0.717) is 24.5 Å². The normalized spacial score (nSPS) is 11.5. The summed E-state index contributed by atoms with van der Waals surface area (Å²) >= 11 is 3.23. The largest absolute Gasteiger partial charge is 0.303 e. The average Bonchev–Trinajstić information content (AvgIpc) is 2.16. The highest BCUT2D eigenvalue weighted by atomic mass is 79.9. The lowest BCUT2D eigenvalue weighted by Crippen LogP contribution is -2.29. The van der Waals surface area contributed by atoms with E-state index in [1.807, 2.05) is 0 Å². The van der Waals surface area contributed by atoms with Crippen molar-refractivity contribution >= 4 is 42.7 Å². The minimum absolute atomic E-state index is 0. The van der Waals surface area contributed by atoms with E-state index < -0.39 is 9.84 Å². The molecule has 6 heteroatoms. The van der Waals surface area contributed by atoms with Gasteiger partial charge >= 0.3 is 0 Å². The molecule has 0 N–H and O–H groups in total. The third-order valence-corrected chi connectivity index (χ3v) is 4.48. The summed E-state index contributed by atoms with van der Waals surface area (Å²) in [5.41, 5.74) is 0. The fourth-order valence-corrected chi connectivity index (χ4v) is 3.16. The van der Waals surface area contributed by atoms with Crippen molar-refractivity contribution in [3.8, 4) is 0 Å². The maximum Gasteiger partial charge on any atom is 0.151 e. The smallest absolute Gasteiger partial charge is 0.151 e. The predicted molar refractivity (Wildman–Crippen MR) is 75.2 cm³/mol. The van der Waals surface area contributed by atoms with Crippen LogP contribution in [-0.4, -0.2) is 49.8 Å². The highest BCUT2D eigenvalue weighted by Crippen LogP contribution is 1.98. The lowest BCUT2D eigenvalue weighted by Gasteiger charge is -2.17. The van der Waals surface area contributed by atoms with E-state index in [1.165, 1.54) is 0 Å². The number of nitrogens with zero attached hydrogens (tertiary/aromatic N) is 1. The second-order valence-electron chi connectivity index (χ2n) is 3.22. The molecule has 0 unspecified atom stereocenters. The van der Waals surface area contributed by atoms with Crippen LogP contribution in [0.5, 0.6) is 0 Å². The number of alkyl halides is 1. The van der Waals surface area contributed by atoms with Gasteiger partial charge in [-0.25, -0.2) is 8.42 Å². The summed E-state index contributed by atoms with van der Waals surface area (Å²) in [6.45, 7) is 6.61. The van der Waals surface area contributed by atoms with Gasteiger partial charge in [0.2, 0.25) is 0 Å². The summed E-state index contributed by atoms with van der Waals surface area (Å²) in [5.74, 6) is 0.598. The fourth-order valence-electron chi connectivity index (χ4n) is 1.18. The zero-order valence-electron chi connectivity index (χ0n) is 9.41. The third kappa shape index (κ3) is 9.78. The topological polar surface area (TPSA) is 37.4 Å². The summed E-state index contributed by atoms with van der Waals surface area (Å²) in [4.78, 5) is 2.13. The van der Waals surface area contributed by atoms with Crippen molar-refractivity contribution in [2.24, 2.45) is 0 Å². The number of hydrogen-bond acceptors (Lipinski definition) is 3. The van der Waals surface area contributed by atoms with Gasteiger partial charge in [-0.05, 0) is 19.5 Å². The van der Waals surface area contributed by atoms with Crippen molar-refractivity contribution in [1.29, 1.82) is 0 Å². The van der Waals surface area contributed by atoms with Crippen molar-refractivity contribution in [1.82, 2.24) is 4.90 Å². The van der Waals surface area contributed by atoms with E-state index in [4.69, 9.17) is 0 Å². The molecule has 0 spiro atoms. The van der Waals surface area contributed by atoms with Crippen LogP contribution in [0.15, 0.2) is 0 Å². The van der Waals surface area contributed by atoms with E-state index in [1.54, 1.807) is 0 Å². The Hall–Kier alpha value is 0.870. The summed E-state index contributed by atoms with van der Waals surface area (Å²) < 4.78 is 23.0. The molecular weight excluding hydrogens is 346 g/mol. The zero-order chi connectivity index (χ0) is 11.0. The van der Waals surface area contributed by atoms with Crippen LogP contribution in [0, 0.1) is 0 Å². The van der Waals surface area contributed by atoms with E-state index in [-0.39, 0.29) is 17.0 Å². The SMILES string of the molecule is Br.CCN(CC)CCS(=O)(=O)CCCBr. The monoisotopic (exact) mass is 365 g/mol. The Balaban J connectivity index is 0. The van der Waals surface area contributed by atoms with Crippen molar-refractivity contribution in [2.45, 2.75) is 20.3 Å². The maximum atomic E-state index is 11.5. The summed E-state index contributed by atoms with van der Waals surface area (Å²) in [7, 11) is -2.83. The van der Waals surface area contributed by atoms with Crippen LogP contribution in [-0.2, 0) is 9.84 Å². The van der Waals surface area contributed by atoms with Crippen LogP contribution < -0.4 is 0 Å². The Morgan fingerprint density at radius 3 is 2.07 bits per heavy atom. The highest BCUT2D eigenvalue weighted by molar-refractivity contribution is 9.09. The van der Waals surface area contributed by atoms with Gasteiger partial charge in [0.1, 0.15) is 0 Å². The Labute approximate surface area is 112 Å². The van der Waals surface area contributed by atoms with Gasteiger partial charge in [-0.2, -0.15) is 0 Å². The number of hydrogen-bond donors (Lipinski definition) is 0. The maximum absolute atomic E-state index is 11.5. The molecule has 0 bridgehead atoms. The van der Waals surface area contributed by atoms with Gasteiger partial charge in [0.25, 0.3) is 0 Å². The minimum atomic E-state index is -2.83. The Morgan fingerprint density at radius 2 is 1.67 bits per heavy atom. The molecule has 0 aromatic heterocycles. The Bertz CT molecular complexity index is 228. The first-order chi connectivity index (χ1) is 6.55. The first-order valence-corrected chi connectivity index (χ1v) is 7.98. The fraction of sp³-hybridized carbons (Fsp3) is 1.00. The number of rotatable bonds is 8. The molecule has 3 nitrogen and oxygen atoms in total. The van der Waals surface area contributed by atoms with Gasteiger partial charge in [0.05, 0.1) is 11.5 Å². The lowest BCUT2D eigenvalue weighted by atomic mass is 10.5. The van der Waals surface area contributed by atoms with Gasteiger partial charge in [0.15, 0.2) is 9.84 Å². The molecule has 0 aromatic rings. The molecule has 0 heterocycles. The van der Waals surface area contributed by atoms with E-state index in [2.05, 4.69) is 34.7 Å². The zero-order valence-corrected chi connectivity index (χ0v) is 13.5. The van der Waals surface area contributed by atoms with Crippen LogP contribution in [0.3, 0.4) is 0 Å². The molecule has 0 amide bonds. The predicted octanol–water partition coefficient (Wildman–Crippen LogP) is 2.11. The molecule has 15 heavy (non-hydrogen) atoms. The van der Waals surface area contributed by atoms with Gasteiger partial charge in [-0.15, -0.1) is 17.0 Å². The first-order valence-electron chi connectivity index (χ1n) is 5.04. The molecule has 94 valence electrons. The van der Waals surface area contributed by atoms with Gasteiger partial charge < -0.3 is 4.90 Å². The number of sulfone groups is 1. The van der Waals surface area contributed by atoms with Gasteiger partial charge in [0, 0.05) is 11.9 Å². The molecule has 0 aliphatic carbocycles. The summed E-state index contributed by atoms with van der Waals surface area (Å²) in [6, 6.07) is 0. The Morgan fingerprint density at radius 1 is 1.13 bits per heavy atom. The minimum Gasteiger partial charge on any atom is -0.303 e. The average molecular weight is 367 g/mol. The molecule has 0 atom stereocenters. The molecule has 0 aliphatic rings. The van der Waals surface area contributed by atoms with E-state index >= 15 is 0 Å². The van der Waals surface area contributed by atoms with Crippen molar-refractivity contribution in [3.05, 3.63) is 0 Å². The summed E-state index contributed by atoms with van der Waals surface area (Å²) in [6.07, 6.45) is 0.709. The van der Waals surface area contributed by atoms with Crippen molar-refractivity contribution in [2.75, 3.05) is 36.5 Å². The molecular formula is C9H21Br2NO2S. The second kappa shape index (κ2) is 10.1. The molecule has 0 radical (unpaired) electrons. The van der Waals surface area contributed by atoms with Gasteiger partial charge in [-0.1, -0.05) is 29.8 Å². The molecule has 0 saturated heterocycles. The van der Waals surface area contributed by atoms with E-state index in [0.717, 1.165) is 18.4 Å². The quantitative estimate of drug-likeness (QED) is 0.617. The molecule has 0 aromatic carbocycles. The second-order valence-corrected chi connectivity index (χ2v) is 6.32. The lowest BCUT2D eigenvalue weighted by molar-refractivity contribution is 0.321. The van der Waals surface area contributed by atoms with Crippen molar-refractivity contribution in [3.63, 3.8) is 0 Å². The van der Waals surface area contributed by atoms with Crippen LogP contribution >= 0.6 is 32.9 Å². The molecule has 0 aliphatic heterocycles. The first kappa shape index (κ1) is 18.2. The van der Waals surface area contributed by atoms with Gasteiger partial charge in [-0.3, -0.25) is 0 Å². The van der Waals surface area contributed by atoms with Crippen molar-refractivity contribution < 1.29 is 8.42 Å². The number of halogens is 2. The molecule has 0 saturated carbocycles. The summed E-state index contributed by atoms with van der Waals surface area (Å²) in [5, 5.41) is 0.761.